The van der Waals surface area contributed by atoms with E-state index in [-0.39, 0.29) is 0 Å². The molecule has 0 spiro atoms. The van der Waals surface area contributed by atoms with Gasteiger partial charge in [0.15, 0.2) is 4.98 Å². The molecule has 0 fully saturated rings. The van der Waals surface area contributed by atoms with E-state index in [9.17, 15) is 25.2 Å². The molecule has 1 aromatic carbocycles. The zero-order valence-corrected chi connectivity index (χ0v) is 10.9. The minimum atomic E-state index is -10.7. The van der Waals surface area contributed by atoms with Crippen LogP contribution in [0.5, 0.6) is 0 Å². The van der Waals surface area contributed by atoms with E-state index in [2.05, 4.69) is 10.3 Å². The molecule has 0 unspecified atom stereocenters. The third-order valence-corrected chi connectivity index (χ3v) is 1.69. The number of benzene rings is 1. The van der Waals surface area contributed by atoms with Crippen LogP contribution in [0.2, 0.25) is 0 Å². The Balaban J connectivity index is 0.000000399. The normalized spacial score (nSPS) is 14.3. The molecule has 19 heavy (non-hydrogen) atoms. The van der Waals surface area contributed by atoms with E-state index in [1.807, 2.05) is 26.0 Å². The van der Waals surface area contributed by atoms with Crippen LogP contribution in [0.3, 0.4) is 0 Å². The van der Waals surface area contributed by atoms with E-state index in [0.717, 1.165) is 17.8 Å². The molecule has 0 aliphatic heterocycles. The van der Waals surface area contributed by atoms with Crippen molar-refractivity contribution in [2.24, 2.45) is 0 Å². The Morgan fingerprint density at radius 1 is 1.16 bits per heavy atom. The fourth-order valence-corrected chi connectivity index (χ4v) is 1.08. The van der Waals surface area contributed by atoms with Gasteiger partial charge < -0.3 is 5.32 Å². The van der Waals surface area contributed by atoms with Crippen LogP contribution in [0.25, 0.3) is 4.98 Å². The Kier molecular flexibility index (Phi) is 4.46. The Morgan fingerprint density at radius 2 is 1.63 bits per heavy atom. The summed E-state index contributed by atoms with van der Waals surface area (Å²) in [6.45, 7) is 4.85. The molecule has 0 bridgehead atoms. The monoisotopic (exact) mass is 307 g/mol. The summed E-state index contributed by atoms with van der Waals surface area (Å²) in [6.07, 6.45) is 0. The topological polar surface area (TPSA) is 40.2 Å². The van der Waals surface area contributed by atoms with Crippen LogP contribution < -0.4 is 5.32 Å². The number of rotatable bonds is 2. The molecule has 110 valence electrons. The summed E-state index contributed by atoms with van der Waals surface area (Å²) in [5.41, 5.74) is 2.65. The molecule has 10 heteroatoms. The summed E-state index contributed by atoms with van der Waals surface area (Å²) in [5.74, 6) is 0. The average Bonchev–Trinajstić information content (AvgIpc) is 2.13. The second-order valence-electron chi connectivity index (χ2n) is 3.59. The van der Waals surface area contributed by atoms with E-state index in [4.69, 9.17) is 5.39 Å². The van der Waals surface area contributed by atoms with Crippen molar-refractivity contribution in [3.63, 3.8) is 0 Å². The molecule has 0 aliphatic rings. The van der Waals surface area contributed by atoms with E-state index < -0.39 is 7.81 Å². The SMILES string of the molecule is CCNc1ccc([N+]#N)c(C)c1.F[P-](F)(F)(F)(F)F. The van der Waals surface area contributed by atoms with Crippen molar-refractivity contribution in [1.29, 1.82) is 5.39 Å². The Bertz CT molecular complexity index is 479. The quantitative estimate of drug-likeness (QED) is 0.396. The molecular formula is C9H12F6N3P. The van der Waals surface area contributed by atoms with Gasteiger partial charge in [0, 0.05) is 23.9 Å². The van der Waals surface area contributed by atoms with Crippen molar-refractivity contribution < 1.29 is 25.2 Å². The number of aryl methyl sites for hydroxylation is 1. The fourth-order valence-electron chi connectivity index (χ4n) is 1.08. The Hall–Kier alpha value is -1.55. The molecule has 3 nitrogen and oxygen atoms in total. The van der Waals surface area contributed by atoms with Gasteiger partial charge in [0.25, 0.3) is 0 Å². The second kappa shape index (κ2) is 4.85. The van der Waals surface area contributed by atoms with E-state index in [1.54, 1.807) is 6.07 Å². The summed E-state index contributed by atoms with van der Waals surface area (Å²) in [7, 11) is -10.7. The molecule has 0 saturated carbocycles. The van der Waals surface area contributed by atoms with Crippen LogP contribution in [0.4, 0.5) is 36.6 Å². The van der Waals surface area contributed by atoms with Crippen LogP contribution >= 0.6 is 7.81 Å². The van der Waals surface area contributed by atoms with Crippen molar-refractivity contribution in [3.8, 4) is 0 Å². The van der Waals surface area contributed by atoms with Gasteiger partial charge in [-0.25, -0.2) is 0 Å². The molecule has 0 radical (unpaired) electrons. The minimum absolute atomic E-state index is 0.622. The molecule has 0 saturated heterocycles. The fraction of sp³-hybridized carbons (Fsp3) is 0.333. The average molecular weight is 307 g/mol. The number of hydrogen-bond donors (Lipinski definition) is 1. The maximum absolute atomic E-state index is 10.7. The van der Waals surface area contributed by atoms with Gasteiger partial charge in [0.1, 0.15) is 0 Å². The molecule has 0 amide bonds. The van der Waals surface area contributed by atoms with Gasteiger partial charge in [0.05, 0.1) is 0 Å². The number of diazo groups is 1. The first-order valence-corrected chi connectivity index (χ1v) is 7.01. The first-order valence-electron chi connectivity index (χ1n) is 4.99. The van der Waals surface area contributed by atoms with Gasteiger partial charge in [-0.1, -0.05) is 0 Å². The zero-order chi connectivity index (χ0) is 15.4. The van der Waals surface area contributed by atoms with Crippen LogP contribution in [0.15, 0.2) is 18.2 Å². The number of hydrogen-bond acceptors (Lipinski definition) is 2. The number of nitrogens with zero attached hydrogens (tertiary/aromatic N) is 2. The van der Waals surface area contributed by atoms with E-state index >= 15 is 0 Å². The summed E-state index contributed by atoms with van der Waals surface area (Å²) < 4.78 is 59.2. The van der Waals surface area contributed by atoms with Gasteiger partial charge in [-0.2, -0.15) is 0 Å². The second-order valence-corrected chi connectivity index (χ2v) is 5.51. The molecule has 1 rings (SSSR count). The molecule has 0 heterocycles. The Labute approximate surface area is 105 Å². The summed E-state index contributed by atoms with van der Waals surface area (Å²) in [4.78, 5) is 3.14. The molecule has 0 aromatic heterocycles. The molecule has 0 atom stereocenters. The van der Waals surface area contributed by atoms with E-state index in [1.165, 1.54) is 0 Å². The van der Waals surface area contributed by atoms with Crippen LogP contribution in [0.1, 0.15) is 12.5 Å². The van der Waals surface area contributed by atoms with E-state index in [0.29, 0.717) is 5.69 Å². The number of halogens is 6. The van der Waals surface area contributed by atoms with Crippen molar-refractivity contribution in [2.75, 3.05) is 11.9 Å². The molecule has 1 aromatic rings. The standard InChI is InChI=1S/C9H12N3.F6P/c1-3-11-8-4-5-9(12-10)7(2)6-8;1-7(2,3,4,5)6/h4-6,11H,3H2,1-2H3;/q+1;-1. The molecular weight excluding hydrogens is 295 g/mol. The van der Waals surface area contributed by atoms with Crippen molar-refractivity contribution >= 4 is 19.2 Å². The van der Waals surface area contributed by atoms with Crippen LogP contribution in [0, 0.1) is 12.3 Å². The zero-order valence-electron chi connectivity index (χ0n) is 10.0. The van der Waals surface area contributed by atoms with Crippen molar-refractivity contribution in [1.82, 2.24) is 0 Å². The number of nitrogens with one attached hydrogen (secondary N) is 1. The molecule has 1 N–H and O–H groups in total. The molecule has 0 aliphatic carbocycles. The van der Waals surface area contributed by atoms with Crippen LogP contribution in [-0.2, 0) is 0 Å². The predicted octanol–water partition coefficient (Wildman–Crippen LogP) is 6.29. The van der Waals surface area contributed by atoms with Gasteiger partial charge in [-0.3, -0.25) is 0 Å². The van der Waals surface area contributed by atoms with Gasteiger partial charge in [-0.05, 0) is 26.0 Å². The number of anilines is 1. The third-order valence-electron chi connectivity index (χ3n) is 1.69. The van der Waals surface area contributed by atoms with Crippen molar-refractivity contribution in [2.45, 2.75) is 13.8 Å². The van der Waals surface area contributed by atoms with Gasteiger partial charge >= 0.3 is 38.7 Å². The summed E-state index contributed by atoms with van der Waals surface area (Å²) in [5, 5.41) is 11.7. The van der Waals surface area contributed by atoms with Crippen LogP contribution in [-0.4, -0.2) is 6.54 Å². The van der Waals surface area contributed by atoms with Crippen molar-refractivity contribution in [3.05, 3.63) is 28.7 Å². The van der Waals surface area contributed by atoms with Gasteiger partial charge in [-0.15, -0.1) is 0 Å². The third kappa shape index (κ3) is 12.7. The summed E-state index contributed by atoms with van der Waals surface area (Å²) in [6, 6.07) is 5.64. The predicted molar refractivity (Wildman–Crippen MR) is 63.7 cm³/mol. The Morgan fingerprint density at radius 3 is 1.95 bits per heavy atom. The van der Waals surface area contributed by atoms with Gasteiger partial charge in [0.2, 0.25) is 5.39 Å². The maximum atomic E-state index is 9.87. The summed E-state index contributed by atoms with van der Waals surface area (Å²) >= 11 is 0. The first kappa shape index (κ1) is 17.4. The first-order chi connectivity index (χ1) is 8.22.